The number of sulfonamides is 1. The molecule has 1 aromatic rings. The molecule has 2 heterocycles. The molecule has 1 aliphatic carbocycles. The summed E-state index contributed by atoms with van der Waals surface area (Å²) in [7, 11) is -3.48. The fourth-order valence-electron chi connectivity index (χ4n) is 3.64. The Bertz CT molecular complexity index is 586. The van der Waals surface area contributed by atoms with Crippen molar-refractivity contribution in [2.24, 2.45) is 5.92 Å². The average Bonchev–Trinajstić information content (AvgIpc) is 2.54. The first-order valence-electron chi connectivity index (χ1n) is 7.65. The maximum atomic E-state index is 12.9. The number of hydrogen-bond donors (Lipinski definition) is 0. The third-order valence-electron chi connectivity index (χ3n) is 4.72. The standard InChI is InChI=1S/C15H21ClN2O2S/c16-10-12-7-8-15(17-11-12)21(19,20)18-9-3-5-13-4-1-2-6-14(13)18/h7-8,11,13-14H,1-6,9-10H2. The van der Waals surface area contributed by atoms with Crippen molar-refractivity contribution in [2.75, 3.05) is 6.54 Å². The zero-order valence-corrected chi connectivity index (χ0v) is 13.6. The minimum absolute atomic E-state index is 0.155. The van der Waals surface area contributed by atoms with Crippen molar-refractivity contribution < 1.29 is 8.42 Å². The number of aromatic nitrogens is 1. The van der Waals surface area contributed by atoms with Crippen LogP contribution in [0.2, 0.25) is 0 Å². The van der Waals surface area contributed by atoms with E-state index in [1.807, 2.05) is 0 Å². The third kappa shape index (κ3) is 2.96. The number of halogens is 1. The number of pyridine rings is 1. The average molecular weight is 329 g/mol. The van der Waals surface area contributed by atoms with Gasteiger partial charge in [0.05, 0.1) is 0 Å². The van der Waals surface area contributed by atoms with Gasteiger partial charge in [-0.05, 0) is 43.2 Å². The van der Waals surface area contributed by atoms with Crippen LogP contribution >= 0.6 is 11.6 Å². The molecule has 0 spiro atoms. The fraction of sp³-hybridized carbons (Fsp3) is 0.667. The van der Waals surface area contributed by atoms with Crippen molar-refractivity contribution in [3.8, 4) is 0 Å². The van der Waals surface area contributed by atoms with Gasteiger partial charge in [-0.15, -0.1) is 11.6 Å². The quantitative estimate of drug-likeness (QED) is 0.801. The highest BCUT2D eigenvalue weighted by molar-refractivity contribution is 7.89. The summed E-state index contributed by atoms with van der Waals surface area (Å²) in [6.07, 6.45) is 8.19. The zero-order chi connectivity index (χ0) is 14.9. The summed E-state index contributed by atoms with van der Waals surface area (Å²) < 4.78 is 27.5. The Balaban J connectivity index is 1.88. The molecule has 3 rings (SSSR count). The molecule has 0 aromatic carbocycles. The molecular formula is C15H21ClN2O2S. The first kappa shape index (κ1) is 15.3. The second kappa shape index (κ2) is 6.23. The lowest BCUT2D eigenvalue weighted by atomic mass is 9.79. The lowest BCUT2D eigenvalue weighted by Gasteiger charge is -2.42. The lowest BCUT2D eigenvalue weighted by Crippen LogP contribution is -2.49. The Kier molecular flexibility index (Phi) is 4.52. The fourth-order valence-corrected chi connectivity index (χ4v) is 5.47. The summed E-state index contributed by atoms with van der Waals surface area (Å²) >= 11 is 5.73. The molecule has 2 aliphatic rings. The molecule has 1 saturated carbocycles. The molecule has 2 atom stereocenters. The summed E-state index contributed by atoms with van der Waals surface area (Å²) in [6.45, 7) is 0.627. The molecular weight excluding hydrogens is 308 g/mol. The predicted molar refractivity (Wildman–Crippen MR) is 82.7 cm³/mol. The van der Waals surface area contributed by atoms with Crippen LogP contribution in [0.1, 0.15) is 44.1 Å². The van der Waals surface area contributed by atoms with Crippen LogP contribution in [0.4, 0.5) is 0 Å². The lowest BCUT2D eigenvalue weighted by molar-refractivity contribution is 0.129. The van der Waals surface area contributed by atoms with E-state index in [2.05, 4.69) is 4.98 Å². The van der Waals surface area contributed by atoms with E-state index < -0.39 is 10.0 Å². The van der Waals surface area contributed by atoms with Crippen LogP contribution in [0, 0.1) is 5.92 Å². The first-order chi connectivity index (χ1) is 10.1. The summed E-state index contributed by atoms with van der Waals surface area (Å²) in [4.78, 5) is 4.12. The van der Waals surface area contributed by atoms with E-state index in [1.54, 1.807) is 22.6 Å². The second-order valence-electron chi connectivity index (χ2n) is 6.01. The maximum Gasteiger partial charge on any atom is 0.260 e. The monoisotopic (exact) mass is 328 g/mol. The minimum atomic E-state index is -3.48. The van der Waals surface area contributed by atoms with Crippen molar-refractivity contribution in [1.29, 1.82) is 0 Å². The van der Waals surface area contributed by atoms with E-state index in [0.29, 0.717) is 18.3 Å². The normalized spacial score (nSPS) is 27.3. The van der Waals surface area contributed by atoms with E-state index in [9.17, 15) is 8.42 Å². The topological polar surface area (TPSA) is 50.3 Å². The van der Waals surface area contributed by atoms with Crippen molar-refractivity contribution >= 4 is 21.6 Å². The Morgan fingerprint density at radius 1 is 1.19 bits per heavy atom. The number of hydrogen-bond acceptors (Lipinski definition) is 3. The highest BCUT2D eigenvalue weighted by atomic mass is 35.5. The van der Waals surface area contributed by atoms with Crippen molar-refractivity contribution in [3.05, 3.63) is 23.9 Å². The SMILES string of the molecule is O=S(=O)(c1ccc(CCl)cn1)N1CCCC2CCCCC21. The van der Waals surface area contributed by atoms with Crippen molar-refractivity contribution in [3.63, 3.8) is 0 Å². The van der Waals surface area contributed by atoms with Crippen LogP contribution in [0.25, 0.3) is 0 Å². The van der Waals surface area contributed by atoms with E-state index in [-0.39, 0.29) is 11.1 Å². The Morgan fingerprint density at radius 2 is 1.95 bits per heavy atom. The molecule has 4 nitrogen and oxygen atoms in total. The Labute approximate surface area is 131 Å². The molecule has 0 radical (unpaired) electrons. The van der Waals surface area contributed by atoms with Crippen molar-refractivity contribution in [2.45, 2.75) is 55.5 Å². The summed E-state index contributed by atoms with van der Waals surface area (Å²) in [6, 6.07) is 3.50. The van der Waals surface area contributed by atoms with Gasteiger partial charge in [0.1, 0.15) is 0 Å². The molecule has 1 saturated heterocycles. The summed E-state index contributed by atoms with van der Waals surface area (Å²) in [5.74, 6) is 0.881. The molecule has 1 aromatic heterocycles. The van der Waals surface area contributed by atoms with Crippen LogP contribution in [-0.2, 0) is 15.9 Å². The van der Waals surface area contributed by atoms with Gasteiger partial charge >= 0.3 is 0 Å². The van der Waals surface area contributed by atoms with Crippen LogP contribution in [0.15, 0.2) is 23.4 Å². The van der Waals surface area contributed by atoms with E-state index in [0.717, 1.165) is 37.7 Å². The Morgan fingerprint density at radius 3 is 2.67 bits per heavy atom. The largest absolute Gasteiger partial charge is 0.260 e. The minimum Gasteiger partial charge on any atom is -0.243 e. The van der Waals surface area contributed by atoms with E-state index >= 15 is 0 Å². The third-order valence-corrected chi connectivity index (χ3v) is 6.87. The number of nitrogens with zero attached hydrogens (tertiary/aromatic N) is 2. The van der Waals surface area contributed by atoms with Gasteiger partial charge in [-0.1, -0.05) is 18.9 Å². The van der Waals surface area contributed by atoms with Crippen molar-refractivity contribution in [1.82, 2.24) is 9.29 Å². The molecule has 2 unspecified atom stereocenters. The van der Waals surface area contributed by atoms with Gasteiger partial charge in [0.25, 0.3) is 10.0 Å². The molecule has 6 heteroatoms. The van der Waals surface area contributed by atoms with Gasteiger partial charge in [-0.2, -0.15) is 4.31 Å². The van der Waals surface area contributed by atoms with Gasteiger partial charge < -0.3 is 0 Å². The number of fused-ring (bicyclic) bond motifs is 1. The number of alkyl halides is 1. The van der Waals surface area contributed by atoms with E-state index in [1.165, 1.54) is 6.42 Å². The molecule has 0 bridgehead atoms. The summed E-state index contributed by atoms with van der Waals surface area (Å²) in [5, 5.41) is 0.155. The van der Waals surface area contributed by atoms with Gasteiger partial charge in [-0.3, -0.25) is 0 Å². The van der Waals surface area contributed by atoms with Gasteiger partial charge in [0.2, 0.25) is 0 Å². The molecule has 21 heavy (non-hydrogen) atoms. The van der Waals surface area contributed by atoms with Crippen LogP contribution in [-0.4, -0.2) is 30.3 Å². The first-order valence-corrected chi connectivity index (χ1v) is 9.63. The van der Waals surface area contributed by atoms with Crippen LogP contribution in [0.3, 0.4) is 0 Å². The highest BCUT2D eigenvalue weighted by Crippen LogP contribution is 2.37. The zero-order valence-electron chi connectivity index (χ0n) is 12.0. The van der Waals surface area contributed by atoms with Crippen LogP contribution in [0.5, 0.6) is 0 Å². The van der Waals surface area contributed by atoms with E-state index in [4.69, 9.17) is 11.6 Å². The summed E-state index contributed by atoms with van der Waals surface area (Å²) in [5.41, 5.74) is 0.838. The highest BCUT2D eigenvalue weighted by Gasteiger charge is 2.40. The smallest absolute Gasteiger partial charge is 0.243 e. The van der Waals surface area contributed by atoms with Crippen LogP contribution < -0.4 is 0 Å². The molecule has 2 fully saturated rings. The van der Waals surface area contributed by atoms with Gasteiger partial charge in [0, 0.05) is 24.7 Å². The molecule has 1 aliphatic heterocycles. The predicted octanol–water partition coefficient (Wildman–Crippen LogP) is 3.16. The molecule has 0 N–H and O–H groups in total. The molecule has 116 valence electrons. The molecule has 0 amide bonds. The number of rotatable bonds is 3. The number of piperidine rings is 1. The second-order valence-corrected chi connectivity index (χ2v) is 8.11. The Hall–Kier alpha value is -0.650. The maximum absolute atomic E-state index is 12.9. The van der Waals surface area contributed by atoms with Gasteiger partial charge in [0.15, 0.2) is 5.03 Å². The van der Waals surface area contributed by atoms with Gasteiger partial charge in [-0.25, -0.2) is 13.4 Å².